The molecule has 1 aromatic carbocycles. The molecule has 0 aromatic heterocycles. The van der Waals surface area contributed by atoms with E-state index in [1.165, 1.54) is 12.1 Å². The molecule has 2 rings (SSSR count). The highest BCUT2D eigenvalue weighted by Crippen LogP contribution is 2.40. The van der Waals surface area contributed by atoms with Crippen molar-refractivity contribution in [2.24, 2.45) is 5.92 Å². The summed E-state index contributed by atoms with van der Waals surface area (Å²) in [6, 6.07) is 8.75. The molecule has 1 aliphatic heterocycles. The second-order valence-corrected chi connectivity index (χ2v) is 4.25. The van der Waals surface area contributed by atoms with E-state index in [9.17, 15) is 4.39 Å². The second kappa shape index (κ2) is 4.23. The van der Waals surface area contributed by atoms with Crippen LogP contribution in [0.4, 0.5) is 4.39 Å². The normalized spacial score (nSPS) is 19.6. The standard InChI is InChI=1S/C13H14FNO/c1-2-10(7-15)13(8-16-9-13)11-3-5-12(14)6-4-11/h3-6,10H,2,8-9H2,1H3. The fourth-order valence-corrected chi connectivity index (χ4v) is 2.28. The van der Waals surface area contributed by atoms with Crippen LogP contribution in [0.25, 0.3) is 0 Å². The van der Waals surface area contributed by atoms with Gasteiger partial charge < -0.3 is 4.74 Å². The van der Waals surface area contributed by atoms with Gasteiger partial charge in [-0.25, -0.2) is 4.39 Å². The fraction of sp³-hybridized carbons (Fsp3) is 0.462. The smallest absolute Gasteiger partial charge is 0.123 e. The summed E-state index contributed by atoms with van der Waals surface area (Å²) >= 11 is 0. The summed E-state index contributed by atoms with van der Waals surface area (Å²) in [4.78, 5) is 0. The summed E-state index contributed by atoms with van der Waals surface area (Å²) in [5.74, 6) is -0.309. The van der Waals surface area contributed by atoms with Gasteiger partial charge in [0.1, 0.15) is 5.82 Å². The van der Waals surface area contributed by atoms with Gasteiger partial charge in [-0.1, -0.05) is 19.1 Å². The number of benzene rings is 1. The van der Waals surface area contributed by atoms with Crippen molar-refractivity contribution in [2.45, 2.75) is 18.8 Å². The summed E-state index contributed by atoms with van der Waals surface area (Å²) < 4.78 is 18.1. The molecule has 0 bridgehead atoms. The van der Waals surface area contributed by atoms with Crippen molar-refractivity contribution < 1.29 is 9.13 Å². The van der Waals surface area contributed by atoms with Crippen molar-refractivity contribution >= 4 is 0 Å². The van der Waals surface area contributed by atoms with Crippen molar-refractivity contribution in [2.75, 3.05) is 13.2 Å². The number of hydrogen-bond donors (Lipinski definition) is 0. The van der Waals surface area contributed by atoms with E-state index in [4.69, 9.17) is 10.00 Å². The first-order chi connectivity index (χ1) is 7.73. The minimum absolute atomic E-state index is 0.0632. The van der Waals surface area contributed by atoms with Crippen LogP contribution in [0.3, 0.4) is 0 Å². The molecule has 1 atom stereocenters. The molecule has 0 aliphatic carbocycles. The van der Waals surface area contributed by atoms with E-state index in [0.29, 0.717) is 13.2 Å². The molecule has 0 radical (unpaired) electrons. The third-order valence-corrected chi connectivity index (χ3v) is 3.37. The highest BCUT2D eigenvalue weighted by atomic mass is 19.1. The molecule has 1 aromatic rings. The van der Waals surface area contributed by atoms with Crippen LogP contribution < -0.4 is 0 Å². The lowest BCUT2D eigenvalue weighted by atomic mass is 9.68. The molecule has 2 nitrogen and oxygen atoms in total. The lowest BCUT2D eigenvalue weighted by molar-refractivity contribution is -0.0805. The minimum Gasteiger partial charge on any atom is -0.379 e. The molecule has 0 spiro atoms. The largest absolute Gasteiger partial charge is 0.379 e. The average Bonchev–Trinajstić information content (AvgIpc) is 2.25. The Labute approximate surface area is 94.7 Å². The highest BCUT2D eigenvalue weighted by molar-refractivity contribution is 5.31. The van der Waals surface area contributed by atoms with Gasteiger partial charge in [0, 0.05) is 0 Å². The van der Waals surface area contributed by atoms with Gasteiger partial charge in [-0.15, -0.1) is 0 Å². The van der Waals surface area contributed by atoms with Crippen molar-refractivity contribution in [3.8, 4) is 6.07 Å². The summed E-state index contributed by atoms with van der Waals surface area (Å²) in [6.07, 6.45) is 0.789. The minimum atomic E-state index is -0.246. The monoisotopic (exact) mass is 219 g/mol. The van der Waals surface area contributed by atoms with Gasteiger partial charge in [0.2, 0.25) is 0 Å². The third-order valence-electron chi connectivity index (χ3n) is 3.37. The number of nitrogens with zero attached hydrogens (tertiary/aromatic N) is 1. The first kappa shape index (κ1) is 11.1. The number of nitriles is 1. The molecule has 1 unspecified atom stereocenters. The maximum atomic E-state index is 12.9. The van der Waals surface area contributed by atoms with Crippen molar-refractivity contribution in [3.63, 3.8) is 0 Å². The van der Waals surface area contributed by atoms with Crippen LogP contribution in [0.1, 0.15) is 18.9 Å². The van der Waals surface area contributed by atoms with Crippen LogP contribution >= 0.6 is 0 Å². The van der Waals surface area contributed by atoms with Gasteiger partial charge in [0.25, 0.3) is 0 Å². The Morgan fingerprint density at radius 3 is 2.44 bits per heavy atom. The van der Waals surface area contributed by atoms with Gasteiger partial charge in [-0.05, 0) is 24.1 Å². The van der Waals surface area contributed by atoms with Crippen LogP contribution in [0.15, 0.2) is 24.3 Å². The summed E-state index contributed by atoms with van der Waals surface area (Å²) in [7, 11) is 0. The number of rotatable bonds is 3. The van der Waals surface area contributed by atoms with Crippen molar-refractivity contribution in [1.82, 2.24) is 0 Å². The van der Waals surface area contributed by atoms with Gasteiger partial charge in [-0.2, -0.15) is 5.26 Å². The molecule has 0 saturated carbocycles. The van der Waals surface area contributed by atoms with E-state index in [1.54, 1.807) is 12.1 Å². The molecule has 3 heteroatoms. The topological polar surface area (TPSA) is 33.0 Å². The van der Waals surface area contributed by atoms with Crippen LogP contribution in [0, 0.1) is 23.1 Å². The first-order valence-corrected chi connectivity index (χ1v) is 5.46. The molecule has 1 fully saturated rings. The Morgan fingerprint density at radius 1 is 1.44 bits per heavy atom. The number of ether oxygens (including phenoxy) is 1. The third kappa shape index (κ3) is 1.60. The lowest BCUT2D eigenvalue weighted by Crippen LogP contribution is -2.51. The lowest BCUT2D eigenvalue weighted by Gasteiger charge is -2.44. The Hall–Kier alpha value is -1.40. The predicted octanol–water partition coefficient (Wildman–Crippen LogP) is 2.64. The first-order valence-electron chi connectivity index (χ1n) is 5.46. The molecule has 1 saturated heterocycles. The van der Waals surface area contributed by atoms with Crippen molar-refractivity contribution in [1.29, 1.82) is 5.26 Å². The van der Waals surface area contributed by atoms with Gasteiger partial charge >= 0.3 is 0 Å². The van der Waals surface area contributed by atoms with Crippen LogP contribution in [-0.2, 0) is 10.2 Å². The highest BCUT2D eigenvalue weighted by Gasteiger charge is 2.46. The molecular formula is C13H14FNO. The number of halogens is 1. The molecular weight excluding hydrogens is 205 g/mol. The molecule has 0 N–H and O–H groups in total. The Balaban J connectivity index is 2.35. The zero-order valence-corrected chi connectivity index (χ0v) is 9.24. The molecule has 84 valence electrons. The fourth-order valence-electron chi connectivity index (χ4n) is 2.28. The van der Waals surface area contributed by atoms with Gasteiger partial charge in [0.05, 0.1) is 30.6 Å². The van der Waals surface area contributed by atoms with E-state index < -0.39 is 0 Å². The molecule has 1 aliphatic rings. The zero-order valence-electron chi connectivity index (χ0n) is 9.24. The average molecular weight is 219 g/mol. The summed E-state index contributed by atoms with van der Waals surface area (Å²) in [5, 5.41) is 9.16. The van der Waals surface area contributed by atoms with E-state index >= 15 is 0 Å². The van der Waals surface area contributed by atoms with Crippen LogP contribution in [0.5, 0.6) is 0 Å². The predicted molar refractivity (Wildman–Crippen MR) is 58.3 cm³/mol. The summed E-state index contributed by atoms with van der Waals surface area (Å²) in [5.41, 5.74) is 0.783. The van der Waals surface area contributed by atoms with E-state index in [2.05, 4.69) is 6.07 Å². The maximum absolute atomic E-state index is 12.9. The van der Waals surface area contributed by atoms with Crippen LogP contribution in [0.2, 0.25) is 0 Å². The van der Waals surface area contributed by atoms with Gasteiger partial charge in [0.15, 0.2) is 0 Å². The zero-order chi connectivity index (χ0) is 11.6. The molecule has 0 amide bonds. The van der Waals surface area contributed by atoms with Crippen molar-refractivity contribution in [3.05, 3.63) is 35.6 Å². The SMILES string of the molecule is CCC(C#N)C1(c2ccc(F)cc2)COC1. The van der Waals surface area contributed by atoms with Crippen LogP contribution in [-0.4, -0.2) is 13.2 Å². The van der Waals surface area contributed by atoms with E-state index in [0.717, 1.165) is 12.0 Å². The Morgan fingerprint density at radius 2 is 2.06 bits per heavy atom. The number of hydrogen-bond acceptors (Lipinski definition) is 2. The molecule has 16 heavy (non-hydrogen) atoms. The van der Waals surface area contributed by atoms with Gasteiger partial charge in [-0.3, -0.25) is 0 Å². The Bertz CT molecular complexity index is 403. The molecule has 1 heterocycles. The second-order valence-electron chi connectivity index (χ2n) is 4.25. The van der Waals surface area contributed by atoms with E-state index in [1.807, 2.05) is 6.92 Å². The van der Waals surface area contributed by atoms with E-state index in [-0.39, 0.29) is 17.2 Å². The quantitative estimate of drug-likeness (QED) is 0.783. The maximum Gasteiger partial charge on any atom is 0.123 e. The summed E-state index contributed by atoms with van der Waals surface area (Å²) in [6.45, 7) is 3.12. The Kier molecular flexibility index (Phi) is 2.93.